The van der Waals surface area contributed by atoms with E-state index in [1.165, 1.54) is 33.0 Å². The molecule has 2 aliphatic carbocycles. The van der Waals surface area contributed by atoms with Gasteiger partial charge in [0, 0.05) is 37.7 Å². The Labute approximate surface area is 518 Å². The fourth-order valence-corrected chi connectivity index (χ4v) is 12.1. The lowest BCUT2D eigenvalue weighted by Crippen LogP contribution is -2.62. The Bertz CT molecular complexity index is 2990. The summed E-state index contributed by atoms with van der Waals surface area (Å²) in [5, 5.41) is 15.3. The van der Waals surface area contributed by atoms with Crippen LogP contribution in [0.1, 0.15) is 173 Å². The van der Waals surface area contributed by atoms with Crippen molar-refractivity contribution in [3.05, 3.63) is 106 Å². The second-order valence-corrected chi connectivity index (χ2v) is 28.6. The Balaban J connectivity index is 1.31. The zero-order valence-electron chi connectivity index (χ0n) is 53.8. The number of esters is 1. The van der Waals surface area contributed by atoms with Crippen molar-refractivity contribution >= 4 is 65.4 Å². The molecule has 0 spiro atoms. The fraction of sp³-hybridized carbons (Fsp3) is 0.591. The van der Waals surface area contributed by atoms with Gasteiger partial charge in [0.1, 0.15) is 47.5 Å². The first-order valence-corrected chi connectivity index (χ1v) is 31.3. The van der Waals surface area contributed by atoms with E-state index in [1.54, 1.807) is 67.2 Å². The maximum absolute atomic E-state index is 15.2. The zero-order valence-corrected chi connectivity index (χ0v) is 54.7. The van der Waals surface area contributed by atoms with Crippen molar-refractivity contribution in [2.75, 3.05) is 33.5 Å². The zero-order chi connectivity index (χ0) is 64.5. The first-order chi connectivity index (χ1) is 40.6. The molecule has 1 heterocycles. The van der Waals surface area contributed by atoms with Crippen molar-refractivity contribution in [2.24, 2.45) is 5.41 Å². The molecule has 21 heteroatoms. The predicted molar refractivity (Wildman–Crippen MR) is 334 cm³/mol. The van der Waals surface area contributed by atoms with Crippen molar-refractivity contribution in [3.63, 3.8) is 0 Å². The number of ether oxygens (including phenoxy) is 3. The lowest BCUT2D eigenvalue weighted by molar-refractivity contribution is -0.144. The highest BCUT2D eigenvalue weighted by Gasteiger charge is 2.47. The van der Waals surface area contributed by atoms with Gasteiger partial charge in [-0.2, -0.15) is 0 Å². The molecule has 1 fully saturated rings. The molecular weight excluding hydrogens is 1130 g/mol. The number of carbonyl (C=O) groups is 9. The van der Waals surface area contributed by atoms with Crippen molar-refractivity contribution < 1.29 is 57.4 Å². The molecule has 1 aliphatic heterocycles. The summed E-state index contributed by atoms with van der Waals surface area (Å²) >= 11 is 1.08. The molecule has 1 saturated heterocycles. The van der Waals surface area contributed by atoms with Crippen LogP contribution in [0.3, 0.4) is 0 Å². The van der Waals surface area contributed by atoms with Gasteiger partial charge in [0.15, 0.2) is 0 Å². The van der Waals surface area contributed by atoms with Crippen molar-refractivity contribution in [2.45, 2.75) is 212 Å². The summed E-state index contributed by atoms with van der Waals surface area (Å²) in [4.78, 5) is 131. The van der Waals surface area contributed by atoms with E-state index in [2.05, 4.69) is 32.7 Å². The maximum Gasteiger partial charge on any atom is 0.410 e. The lowest BCUT2D eigenvalue weighted by atomic mass is 9.85. The minimum atomic E-state index is -1.36. The third-order valence-electron chi connectivity index (χ3n) is 16.5. The number of nitrogens with zero attached hydrogens (tertiary/aromatic N) is 3. The summed E-state index contributed by atoms with van der Waals surface area (Å²) in [7, 11) is 4.12. The maximum atomic E-state index is 15.2. The molecule has 6 rings (SSSR count). The highest BCUT2D eigenvalue weighted by Crippen LogP contribution is 2.37. The molecule has 87 heavy (non-hydrogen) atoms. The van der Waals surface area contributed by atoms with Crippen LogP contribution in [0.2, 0.25) is 0 Å². The van der Waals surface area contributed by atoms with Crippen LogP contribution in [0.15, 0.2) is 72.8 Å². The summed E-state index contributed by atoms with van der Waals surface area (Å²) in [5.41, 5.74) is 3.25. The van der Waals surface area contributed by atoms with E-state index in [0.717, 1.165) is 76.6 Å². The number of thioether (sulfide) groups is 1. The van der Waals surface area contributed by atoms with Gasteiger partial charge in [0.05, 0.1) is 24.9 Å². The number of nitrogens with one attached hydrogen (secondary N) is 5. The van der Waals surface area contributed by atoms with Crippen LogP contribution in [0, 0.1) is 5.41 Å². The first kappa shape index (κ1) is 68.9. The van der Waals surface area contributed by atoms with Crippen LogP contribution < -0.4 is 26.6 Å². The van der Waals surface area contributed by atoms with E-state index in [9.17, 15) is 38.4 Å². The quantitative estimate of drug-likeness (QED) is 0.0532. The van der Waals surface area contributed by atoms with Gasteiger partial charge >= 0.3 is 18.2 Å². The van der Waals surface area contributed by atoms with E-state index in [-0.39, 0.29) is 49.0 Å². The highest BCUT2D eigenvalue weighted by molar-refractivity contribution is 8.01. The smallest absolute Gasteiger partial charge is 0.410 e. The largest absolute Gasteiger partial charge is 0.468 e. The number of likely N-dealkylation sites (N-methyl/N-ethyl adjacent to an activating group) is 2. The minimum absolute atomic E-state index is 0.00191. The van der Waals surface area contributed by atoms with Gasteiger partial charge < -0.3 is 45.7 Å². The number of benzene rings is 3. The van der Waals surface area contributed by atoms with Gasteiger partial charge in [-0.05, 0) is 153 Å². The van der Waals surface area contributed by atoms with Gasteiger partial charge in [0.2, 0.25) is 35.4 Å². The number of methoxy groups -OCH3 is 1. The average Bonchev–Trinajstić information content (AvgIpc) is 1.88. The second kappa shape index (κ2) is 28.8. The number of fused-ring (bicyclic) bond motifs is 2. The third kappa shape index (κ3) is 18.5. The number of carbonyl (C=O) groups excluding carboxylic acids is 9. The molecule has 3 aromatic rings. The normalized spacial score (nSPS) is 19.4. The van der Waals surface area contributed by atoms with Gasteiger partial charge in [-0.3, -0.25) is 43.4 Å². The molecule has 0 radical (unpaired) electrons. The Morgan fingerprint density at radius 1 is 0.621 bits per heavy atom. The van der Waals surface area contributed by atoms with Gasteiger partial charge in [0.25, 0.3) is 0 Å². The number of rotatable bonds is 20. The predicted octanol–water partition coefficient (Wildman–Crippen LogP) is 8.00. The highest BCUT2D eigenvalue weighted by atomic mass is 32.2. The van der Waals surface area contributed by atoms with Crippen molar-refractivity contribution in [1.82, 2.24) is 41.3 Å². The summed E-state index contributed by atoms with van der Waals surface area (Å²) in [6.45, 7) is 22.3. The van der Waals surface area contributed by atoms with Crippen molar-refractivity contribution in [1.29, 1.82) is 0 Å². The van der Waals surface area contributed by atoms with Crippen LogP contribution in [0.5, 0.6) is 0 Å². The monoisotopic (exact) mass is 1220 g/mol. The average molecular weight is 1220 g/mol. The van der Waals surface area contributed by atoms with Crippen LogP contribution in [0.4, 0.5) is 9.59 Å². The molecule has 9 atom stereocenters. The fourth-order valence-electron chi connectivity index (χ4n) is 11.2. The van der Waals surface area contributed by atoms with Crippen molar-refractivity contribution in [3.8, 4) is 0 Å². The Morgan fingerprint density at radius 3 is 1.59 bits per heavy atom. The number of hydrogen-bond donors (Lipinski definition) is 5. The van der Waals surface area contributed by atoms with Crippen LogP contribution in [0.25, 0.3) is 0 Å². The molecule has 3 aromatic carbocycles. The number of aryl methyl sites for hydroxylation is 2. The Morgan fingerprint density at radius 2 is 1.10 bits per heavy atom. The summed E-state index contributed by atoms with van der Waals surface area (Å²) in [6, 6.07) is 16.1. The van der Waals surface area contributed by atoms with Gasteiger partial charge in [-0.15, -0.1) is 11.8 Å². The van der Waals surface area contributed by atoms with E-state index in [4.69, 9.17) is 14.2 Å². The molecule has 0 bridgehead atoms. The van der Waals surface area contributed by atoms with Crippen LogP contribution in [-0.2, 0) is 67.0 Å². The van der Waals surface area contributed by atoms with E-state index >= 15 is 4.79 Å². The van der Waals surface area contributed by atoms with E-state index in [0.29, 0.717) is 12.0 Å². The third-order valence-corrected chi connectivity index (χ3v) is 17.9. The standard InChI is InChI=1S/C66H94N8O12S/c1-39(72(14)61(82)85-64(6,7)8)55(76)70-53(66(12,13)87-38-52(75)84-16)59(80)69-50(57(78)67-48-29-21-25-43-23-17-19-27-46(43)48)35-41-31-33-42(34-32-41)45-36-51(58(79)68-49-30-22-26-44-24-18-20-28-47(44)49)74(37-45)60(81)54(63(3,4)5)71-56(77)40(2)73(15)62(83)86-65(9,10)11/h17-20,23-24,27-28,31-34,39-40,45,48-51,53-54H,21-22,25-26,29-30,35-38H2,1-16H3,(H,67,78)(H,68,79)(H,69,80)(H,70,76)(H,71,77)/t39-,40-,45-,48+,49+,50-,51-,53+,54+/m0/s1. The van der Waals surface area contributed by atoms with E-state index < -0.39 is 105 Å². The van der Waals surface area contributed by atoms with Gasteiger partial charge in [-0.25, -0.2) is 9.59 Å². The minimum Gasteiger partial charge on any atom is -0.468 e. The molecule has 0 unspecified atom stereocenters. The molecule has 3 aliphatic rings. The topological polar surface area (TPSA) is 251 Å². The molecule has 8 amide bonds. The summed E-state index contributed by atoms with van der Waals surface area (Å²) in [6.07, 6.45) is 3.62. The number of amides is 8. The molecule has 476 valence electrons. The molecule has 0 aromatic heterocycles. The summed E-state index contributed by atoms with van der Waals surface area (Å²) < 4.78 is 14.8. The first-order valence-electron chi connectivity index (χ1n) is 30.3. The summed E-state index contributed by atoms with van der Waals surface area (Å²) in [5.74, 6) is -4.31. The van der Waals surface area contributed by atoms with Crippen LogP contribution >= 0.6 is 11.8 Å². The molecular formula is C66H94N8O12S. The number of hydrogen-bond acceptors (Lipinski definition) is 13. The molecule has 0 saturated carbocycles. The second-order valence-electron chi connectivity index (χ2n) is 27.0. The molecule has 20 nitrogen and oxygen atoms in total. The van der Waals surface area contributed by atoms with Gasteiger partial charge in [-0.1, -0.05) is 93.6 Å². The Kier molecular flexibility index (Phi) is 22.8. The lowest BCUT2D eigenvalue weighted by Gasteiger charge is -2.37. The van der Waals surface area contributed by atoms with Crippen LogP contribution in [-0.4, -0.2) is 154 Å². The SMILES string of the molecule is COC(=O)CSC(C)(C)[C@H](NC(=O)[C@H](C)N(C)C(=O)OC(C)(C)C)C(=O)N[C@@H](Cc1ccc([C@H]2C[C@@H](C(=O)N[C@@H]3CCCc4ccccc43)N(C(=O)[C@@H](NC(=O)[C@H](C)N(C)C(=O)OC(C)(C)C)C(C)(C)C)C2)cc1)C(=O)N[C@@H]1CCCc2ccccc21. The Hall–Kier alpha value is -7.16. The molecule has 5 N–H and O–H groups in total. The van der Waals surface area contributed by atoms with E-state index in [1.807, 2.05) is 87.5 Å². The number of likely N-dealkylation sites (tertiary alicyclic amines) is 1.